The molecule has 0 saturated carbocycles. The van der Waals surface area contributed by atoms with Crippen molar-refractivity contribution in [1.82, 2.24) is 14.8 Å². The third-order valence-corrected chi connectivity index (χ3v) is 5.05. The Morgan fingerprint density at radius 2 is 1.84 bits per heavy atom. The highest BCUT2D eigenvalue weighted by molar-refractivity contribution is 5.89. The van der Waals surface area contributed by atoms with Gasteiger partial charge in [0, 0.05) is 18.7 Å². The van der Waals surface area contributed by atoms with Crippen molar-refractivity contribution in [3.8, 4) is 23.3 Å². The van der Waals surface area contributed by atoms with Gasteiger partial charge in [-0.1, -0.05) is 18.2 Å². The lowest BCUT2D eigenvalue weighted by Gasteiger charge is -2.28. The largest absolute Gasteiger partial charge is 0.497 e. The van der Waals surface area contributed by atoms with Crippen molar-refractivity contribution in [3.63, 3.8) is 0 Å². The van der Waals surface area contributed by atoms with Crippen LogP contribution < -0.4 is 14.4 Å². The number of benzene rings is 2. The van der Waals surface area contributed by atoms with Gasteiger partial charge < -0.3 is 19.1 Å². The van der Waals surface area contributed by atoms with Gasteiger partial charge in [0.05, 0.1) is 38.7 Å². The van der Waals surface area contributed by atoms with E-state index in [0.717, 1.165) is 5.69 Å². The third kappa shape index (κ3) is 4.22. The van der Waals surface area contributed by atoms with Gasteiger partial charge in [0.15, 0.2) is 5.82 Å². The average molecular weight is 417 g/mol. The van der Waals surface area contributed by atoms with Crippen LogP contribution in [0.25, 0.3) is 17.3 Å². The first-order valence-corrected chi connectivity index (χ1v) is 9.93. The van der Waals surface area contributed by atoms with Crippen LogP contribution >= 0.6 is 0 Å². The van der Waals surface area contributed by atoms with Crippen molar-refractivity contribution in [2.75, 3.05) is 45.4 Å². The molecule has 1 aliphatic heterocycles. The van der Waals surface area contributed by atoms with Gasteiger partial charge in [-0.15, -0.1) is 10.2 Å². The molecule has 1 aliphatic rings. The van der Waals surface area contributed by atoms with Crippen molar-refractivity contribution in [3.05, 3.63) is 59.9 Å². The topological polar surface area (TPSA) is 85.4 Å². The van der Waals surface area contributed by atoms with Crippen LogP contribution in [0.15, 0.2) is 48.5 Å². The van der Waals surface area contributed by atoms with Crippen LogP contribution in [0.3, 0.4) is 0 Å². The van der Waals surface area contributed by atoms with Crippen LogP contribution in [0, 0.1) is 11.3 Å². The third-order valence-electron chi connectivity index (χ3n) is 5.05. The summed E-state index contributed by atoms with van der Waals surface area (Å²) in [5.74, 6) is 2.44. The second kappa shape index (κ2) is 9.32. The fourth-order valence-electron chi connectivity index (χ4n) is 3.49. The number of para-hydroxylation sites is 1. The summed E-state index contributed by atoms with van der Waals surface area (Å²) in [4.78, 5) is 2.12. The summed E-state index contributed by atoms with van der Waals surface area (Å²) in [6.45, 7) is 2.67. The molecule has 2 heterocycles. The Morgan fingerprint density at radius 1 is 1.06 bits per heavy atom. The molecule has 3 aromatic rings. The molecule has 158 valence electrons. The minimum Gasteiger partial charge on any atom is -0.497 e. The summed E-state index contributed by atoms with van der Waals surface area (Å²) in [5, 5.41) is 18.9. The Balaban J connectivity index is 1.86. The molecule has 1 saturated heterocycles. The highest BCUT2D eigenvalue weighted by Gasteiger charge is 2.23. The van der Waals surface area contributed by atoms with Gasteiger partial charge in [0.1, 0.15) is 17.6 Å². The average Bonchev–Trinajstić information content (AvgIpc) is 3.28. The molecule has 0 unspecified atom stereocenters. The van der Waals surface area contributed by atoms with Crippen LogP contribution in [0.1, 0.15) is 11.4 Å². The second-order valence-electron chi connectivity index (χ2n) is 6.87. The van der Waals surface area contributed by atoms with Gasteiger partial charge in [-0.3, -0.25) is 4.57 Å². The molecule has 31 heavy (non-hydrogen) atoms. The highest BCUT2D eigenvalue weighted by Crippen LogP contribution is 2.30. The Hall–Kier alpha value is -3.83. The molecule has 1 aromatic heterocycles. The van der Waals surface area contributed by atoms with Crippen LogP contribution in [-0.2, 0) is 4.74 Å². The second-order valence-corrected chi connectivity index (χ2v) is 6.87. The van der Waals surface area contributed by atoms with E-state index in [1.807, 2.05) is 47.0 Å². The zero-order chi connectivity index (χ0) is 21.6. The molecular formula is C23H23N5O3. The fraction of sp³-hybridized carbons (Fsp3) is 0.261. The number of anilines is 1. The predicted molar refractivity (Wildman–Crippen MR) is 117 cm³/mol. The first kappa shape index (κ1) is 20.4. The quantitative estimate of drug-likeness (QED) is 0.570. The number of allylic oxidation sites excluding steroid dienone is 1. The Kier molecular flexibility index (Phi) is 6.15. The van der Waals surface area contributed by atoms with Gasteiger partial charge in [0.25, 0.3) is 0 Å². The SMILES string of the molecule is COc1ccc(OC)c(/C=C(\C#N)c2nnc(N3CCOCC3)n2-c2ccccc2)c1. The zero-order valence-corrected chi connectivity index (χ0v) is 17.5. The molecule has 0 aliphatic carbocycles. The van der Waals surface area contributed by atoms with Crippen LogP contribution in [0.4, 0.5) is 5.95 Å². The standard InChI is InChI=1S/C23H23N5O3/c1-29-20-8-9-21(30-2)17(15-20)14-18(16-24)22-25-26-23(27-10-12-31-13-11-27)28(22)19-6-4-3-5-7-19/h3-9,14-15H,10-13H2,1-2H3/b18-14+. The van der Waals surface area contributed by atoms with E-state index in [-0.39, 0.29) is 0 Å². The molecule has 0 N–H and O–H groups in total. The fourth-order valence-corrected chi connectivity index (χ4v) is 3.49. The minimum absolute atomic E-state index is 0.363. The van der Waals surface area contributed by atoms with Crippen LogP contribution in [-0.4, -0.2) is 55.3 Å². The number of hydrogen-bond acceptors (Lipinski definition) is 7. The first-order chi connectivity index (χ1) is 15.2. The van der Waals surface area contributed by atoms with Gasteiger partial charge in [-0.2, -0.15) is 5.26 Å². The van der Waals surface area contributed by atoms with E-state index in [1.54, 1.807) is 26.4 Å². The summed E-state index contributed by atoms with van der Waals surface area (Å²) in [7, 11) is 3.19. The summed E-state index contributed by atoms with van der Waals surface area (Å²) in [6, 6.07) is 17.5. The minimum atomic E-state index is 0.363. The number of ether oxygens (including phenoxy) is 3. The van der Waals surface area contributed by atoms with Crippen molar-refractivity contribution in [2.45, 2.75) is 0 Å². The lowest BCUT2D eigenvalue weighted by molar-refractivity contribution is 0.122. The van der Waals surface area contributed by atoms with Crippen molar-refractivity contribution in [2.24, 2.45) is 0 Å². The number of nitriles is 1. The van der Waals surface area contributed by atoms with E-state index in [4.69, 9.17) is 14.2 Å². The zero-order valence-electron chi connectivity index (χ0n) is 17.5. The number of rotatable bonds is 6. The first-order valence-electron chi connectivity index (χ1n) is 9.93. The van der Waals surface area contributed by atoms with Crippen molar-refractivity contribution >= 4 is 17.6 Å². The van der Waals surface area contributed by atoms with Gasteiger partial charge >= 0.3 is 0 Å². The number of nitrogens with zero attached hydrogens (tertiary/aromatic N) is 5. The maximum absolute atomic E-state index is 10.0. The van der Waals surface area contributed by atoms with E-state index in [9.17, 15) is 5.26 Å². The van der Waals surface area contributed by atoms with E-state index in [2.05, 4.69) is 21.2 Å². The van der Waals surface area contributed by atoms with Crippen LogP contribution in [0.2, 0.25) is 0 Å². The Morgan fingerprint density at radius 3 is 2.52 bits per heavy atom. The molecular weight excluding hydrogens is 394 g/mol. The van der Waals surface area contributed by atoms with E-state index >= 15 is 0 Å². The van der Waals surface area contributed by atoms with Gasteiger partial charge in [-0.25, -0.2) is 0 Å². The van der Waals surface area contributed by atoms with Crippen LogP contribution in [0.5, 0.6) is 11.5 Å². The van der Waals surface area contributed by atoms with E-state index in [0.29, 0.717) is 60.7 Å². The van der Waals surface area contributed by atoms with Crippen molar-refractivity contribution < 1.29 is 14.2 Å². The van der Waals surface area contributed by atoms with E-state index in [1.165, 1.54) is 0 Å². The highest BCUT2D eigenvalue weighted by atomic mass is 16.5. The van der Waals surface area contributed by atoms with Crippen molar-refractivity contribution in [1.29, 1.82) is 5.26 Å². The molecule has 1 fully saturated rings. The summed E-state index contributed by atoms with van der Waals surface area (Å²) >= 11 is 0. The summed E-state index contributed by atoms with van der Waals surface area (Å²) < 4.78 is 18.2. The number of morpholine rings is 1. The predicted octanol–water partition coefficient (Wildman–Crippen LogP) is 3.19. The number of aromatic nitrogens is 3. The number of methoxy groups -OCH3 is 2. The van der Waals surface area contributed by atoms with Gasteiger partial charge in [0.2, 0.25) is 5.95 Å². The van der Waals surface area contributed by atoms with E-state index < -0.39 is 0 Å². The molecule has 0 bridgehead atoms. The maximum Gasteiger partial charge on any atom is 0.232 e. The molecule has 4 rings (SSSR count). The lowest BCUT2D eigenvalue weighted by Crippen LogP contribution is -2.38. The lowest BCUT2D eigenvalue weighted by atomic mass is 10.1. The molecule has 0 spiro atoms. The Labute approximate surface area is 180 Å². The molecule has 8 heteroatoms. The molecule has 2 aromatic carbocycles. The normalized spacial score (nSPS) is 14.2. The Bertz CT molecular complexity index is 1110. The summed E-state index contributed by atoms with van der Waals surface area (Å²) in [5.41, 5.74) is 1.96. The molecule has 0 atom stereocenters. The number of hydrogen-bond donors (Lipinski definition) is 0. The maximum atomic E-state index is 10.0. The summed E-state index contributed by atoms with van der Waals surface area (Å²) in [6.07, 6.45) is 1.74. The van der Waals surface area contributed by atoms with Gasteiger partial charge in [-0.05, 0) is 36.4 Å². The molecule has 8 nitrogen and oxygen atoms in total. The monoisotopic (exact) mass is 417 g/mol. The molecule has 0 radical (unpaired) electrons. The molecule has 0 amide bonds. The smallest absolute Gasteiger partial charge is 0.232 e.